The van der Waals surface area contributed by atoms with Crippen molar-refractivity contribution in [2.75, 3.05) is 27.1 Å². The molecule has 0 bridgehead atoms. The first kappa shape index (κ1) is 28.1. The number of methoxy groups -OCH3 is 1. The second-order valence-corrected chi connectivity index (χ2v) is 9.48. The molecule has 0 saturated heterocycles. The van der Waals surface area contributed by atoms with Crippen LogP contribution in [0.3, 0.4) is 0 Å². The summed E-state index contributed by atoms with van der Waals surface area (Å²) in [6, 6.07) is 32.0. The SMILES string of the molecule is COCOCCCCCCCCCCCCOC(c1ccccc1)(c1ccccc1)c1ccccc1. The number of rotatable bonds is 19. The molecule has 0 saturated carbocycles. The summed E-state index contributed by atoms with van der Waals surface area (Å²) >= 11 is 0. The van der Waals surface area contributed by atoms with Crippen LogP contribution in [0, 0.1) is 0 Å². The van der Waals surface area contributed by atoms with Crippen molar-refractivity contribution in [1.29, 1.82) is 0 Å². The number of ether oxygens (including phenoxy) is 3. The van der Waals surface area contributed by atoms with Crippen molar-refractivity contribution in [3.8, 4) is 0 Å². The maximum absolute atomic E-state index is 6.88. The van der Waals surface area contributed by atoms with Crippen LogP contribution >= 0.6 is 0 Å². The van der Waals surface area contributed by atoms with E-state index >= 15 is 0 Å². The zero-order valence-corrected chi connectivity index (χ0v) is 22.1. The minimum Gasteiger partial charge on any atom is -0.361 e. The molecule has 0 aromatic heterocycles. The highest BCUT2D eigenvalue weighted by molar-refractivity contribution is 5.47. The first-order chi connectivity index (χ1) is 17.9. The van der Waals surface area contributed by atoms with Crippen LogP contribution < -0.4 is 0 Å². The molecule has 3 heteroatoms. The highest BCUT2D eigenvalue weighted by Crippen LogP contribution is 2.40. The minimum absolute atomic E-state index is 0.413. The second kappa shape index (κ2) is 17.1. The van der Waals surface area contributed by atoms with Gasteiger partial charge in [0.05, 0.1) is 0 Å². The maximum Gasteiger partial charge on any atom is 0.146 e. The normalized spacial score (nSPS) is 11.6. The van der Waals surface area contributed by atoms with Crippen LogP contribution in [0.5, 0.6) is 0 Å². The molecule has 0 heterocycles. The fourth-order valence-corrected chi connectivity index (χ4v) is 4.86. The van der Waals surface area contributed by atoms with Crippen molar-refractivity contribution in [2.45, 2.75) is 69.8 Å². The lowest BCUT2D eigenvalue weighted by molar-refractivity contribution is -0.0315. The highest BCUT2D eigenvalue weighted by atomic mass is 16.7. The van der Waals surface area contributed by atoms with E-state index in [2.05, 4.69) is 91.0 Å². The molecule has 3 aromatic carbocycles. The molecule has 0 aliphatic rings. The van der Waals surface area contributed by atoms with Gasteiger partial charge >= 0.3 is 0 Å². The van der Waals surface area contributed by atoms with Crippen molar-refractivity contribution in [1.82, 2.24) is 0 Å². The van der Waals surface area contributed by atoms with Crippen LogP contribution in [0.1, 0.15) is 80.9 Å². The van der Waals surface area contributed by atoms with E-state index in [0.29, 0.717) is 6.79 Å². The van der Waals surface area contributed by atoms with Gasteiger partial charge in [0.25, 0.3) is 0 Å². The molecule has 0 unspecified atom stereocenters. The molecule has 0 amide bonds. The Morgan fingerprint density at radius 3 is 1.22 bits per heavy atom. The van der Waals surface area contributed by atoms with Crippen molar-refractivity contribution in [3.63, 3.8) is 0 Å². The van der Waals surface area contributed by atoms with E-state index < -0.39 is 5.60 Å². The topological polar surface area (TPSA) is 27.7 Å². The van der Waals surface area contributed by atoms with E-state index in [4.69, 9.17) is 14.2 Å². The smallest absolute Gasteiger partial charge is 0.146 e. The van der Waals surface area contributed by atoms with Crippen LogP contribution in [-0.2, 0) is 19.8 Å². The summed E-state index contributed by atoms with van der Waals surface area (Å²) in [7, 11) is 1.67. The fraction of sp³-hybridized carbons (Fsp3) is 0.455. The van der Waals surface area contributed by atoms with Crippen LogP contribution in [0.15, 0.2) is 91.0 Å². The lowest BCUT2D eigenvalue weighted by atomic mass is 9.80. The highest BCUT2D eigenvalue weighted by Gasteiger charge is 2.37. The number of hydrogen-bond acceptors (Lipinski definition) is 3. The van der Waals surface area contributed by atoms with Crippen molar-refractivity contribution in [2.24, 2.45) is 0 Å². The van der Waals surface area contributed by atoms with Crippen LogP contribution in [-0.4, -0.2) is 27.1 Å². The predicted molar refractivity (Wildman–Crippen MR) is 149 cm³/mol. The Kier molecular flexibility index (Phi) is 13.3. The van der Waals surface area contributed by atoms with Gasteiger partial charge in [0, 0.05) is 20.3 Å². The van der Waals surface area contributed by atoms with Gasteiger partial charge in [-0.05, 0) is 29.5 Å². The molecular formula is C33H44O3. The second-order valence-electron chi connectivity index (χ2n) is 9.48. The van der Waals surface area contributed by atoms with E-state index in [9.17, 15) is 0 Å². The minimum atomic E-state index is -0.599. The Morgan fingerprint density at radius 2 is 0.833 bits per heavy atom. The van der Waals surface area contributed by atoms with Gasteiger partial charge in [0.2, 0.25) is 0 Å². The molecule has 3 nitrogen and oxygen atoms in total. The molecule has 0 spiro atoms. The average molecular weight is 489 g/mol. The summed E-state index contributed by atoms with van der Waals surface area (Å²) in [6.07, 6.45) is 12.6. The van der Waals surface area contributed by atoms with Gasteiger partial charge in [-0.1, -0.05) is 142 Å². The Morgan fingerprint density at radius 1 is 0.472 bits per heavy atom. The molecular weight excluding hydrogens is 444 g/mol. The molecule has 0 radical (unpaired) electrons. The molecule has 0 aliphatic heterocycles. The molecule has 194 valence electrons. The van der Waals surface area contributed by atoms with E-state index in [1.54, 1.807) is 7.11 Å². The number of hydrogen-bond donors (Lipinski definition) is 0. The Balaban J connectivity index is 1.45. The number of unbranched alkanes of at least 4 members (excludes halogenated alkanes) is 9. The van der Waals surface area contributed by atoms with Crippen LogP contribution in [0.25, 0.3) is 0 Å². The summed E-state index contributed by atoms with van der Waals surface area (Å²) in [5, 5.41) is 0. The molecule has 0 N–H and O–H groups in total. The largest absolute Gasteiger partial charge is 0.361 e. The van der Waals surface area contributed by atoms with Crippen molar-refractivity contribution < 1.29 is 14.2 Å². The molecule has 36 heavy (non-hydrogen) atoms. The summed E-state index contributed by atoms with van der Waals surface area (Å²) in [5.74, 6) is 0. The third-order valence-corrected chi connectivity index (χ3v) is 6.74. The molecule has 0 fully saturated rings. The van der Waals surface area contributed by atoms with Crippen molar-refractivity contribution >= 4 is 0 Å². The van der Waals surface area contributed by atoms with Gasteiger partial charge in [0.1, 0.15) is 12.4 Å². The third-order valence-electron chi connectivity index (χ3n) is 6.74. The maximum atomic E-state index is 6.88. The van der Waals surface area contributed by atoms with Crippen LogP contribution in [0.2, 0.25) is 0 Å². The lowest BCUT2D eigenvalue weighted by Crippen LogP contribution is -2.33. The monoisotopic (exact) mass is 488 g/mol. The Bertz CT molecular complexity index is 815. The third kappa shape index (κ3) is 8.89. The lowest BCUT2D eigenvalue weighted by Gasteiger charge is -2.36. The molecule has 3 rings (SSSR count). The van der Waals surface area contributed by atoms with E-state index in [1.807, 2.05) is 0 Å². The number of benzene rings is 3. The van der Waals surface area contributed by atoms with E-state index in [0.717, 1.165) is 26.1 Å². The standard InChI is InChI=1S/C33H44O3/c1-34-29-35-27-19-8-6-4-2-3-5-7-9-20-28-36-33(30-21-13-10-14-22-30,31-23-15-11-16-24-31)32-25-17-12-18-26-32/h10-18,21-26H,2-9,19-20,27-29H2,1H3. The first-order valence-electron chi connectivity index (χ1n) is 13.7. The van der Waals surface area contributed by atoms with Crippen molar-refractivity contribution in [3.05, 3.63) is 108 Å². The average Bonchev–Trinajstić information content (AvgIpc) is 2.94. The van der Waals surface area contributed by atoms with Gasteiger partial charge < -0.3 is 14.2 Å². The molecule has 0 aliphatic carbocycles. The Hall–Kier alpha value is -2.46. The van der Waals surface area contributed by atoms with Gasteiger partial charge in [-0.25, -0.2) is 0 Å². The quantitative estimate of drug-likeness (QED) is 0.0961. The van der Waals surface area contributed by atoms with Gasteiger partial charge in [-0.2, -0.15) is 0 Å². The summed E-state index contributed by atoms with van der Waals surface area (Å²) in [4.78, 5) is 0. The van der Waals surface area contributed by atoms with E-state index in [-0.39, 0.29) is 0 Å². The van der Waals surface area contributed by atoms with Gasteiger partial charge in [0.15, 0.2) is 0 Å². The summed E-state index contributed by atoms with van der Waals surface area (Å²) in [6.45, 7) is 1.97. The predicted octanol–water partition coefficient (Wildman–Crippen LogP) is 8.52. The summed E-state index contributed by atoms with van der Waals surface area (Å²) in [5.41, 5.74) is 2.92. The molecule has 0 atom stereocenters. The van der Waals surface area contributed by atoms with Gasteiger partial charge in [-0.3, -0.25) is 0 Å². The van der Waals surface area contributed by atoms with Crippen LogP contribution in [0.4, 0.5) is 0 Å². The van der Waals surface area contributed by atoms with Gasteiger partial charge in [-0.15, -0.1) is 0 Å². The zero-order chi connectivity index (χ0) is 25.2. The first-order valence-corrected chi connectivity index (χ1v) is 13.7. The zero-order valence-electron chi connectivity index (χ0n) is 22.1. The van der Waals surface area contributed by atoms with E-state index in [1.165, 1.54) is 68.1 Å². The summed E-state index contributed by atoms with van der Waals surface area (Å²) < 4.78 is 17.1. The Labute approximate surface area is 218 Å². The fourth-order valence-electron chi connectivity index (χ4n) is 4.86. The molecule has 3 aromatic rings.